The molecule has 2 nitrogen and oxygen atoms in total. The quantitative estimate of drug-likeness (QED) is 0.0452. The second-order valence-corrected chi connectivity index (χ2v) is 18.9. The predicted octanol–water partition coefficient (Wildman–Crippen LogP) is 20.5. The number of carbonyl (C=O) groups excluding carboxylic acids is 1. The average Bonchev–Trinajstić information content (AvgIpc) is 3.22. The van der Waals surface area contributed by atoms with Crippen LogP contribution in [-0.4, -0.2) is 12.6 Å². The van der Waals surface area contributed by atoms with Crippen molar-refractivity contribution in [1.82, 2.24) is 0 Å². The van der Waals surface area contributed by atoms with Gasteiger partial charge in [0.2, 0.25) is 0 Å². The molecule has 0 aliphatic heterocycles. The van der Waals surface area contributed by atoms with Gasteiger partial charge in [0.05, 0.1) is 6.61 Å². The molecule has 0 aromatic carbocycles. The van der Waals surface area contributed by atoms with Gasteiger partial charge in [-0.2, -0.15) is 0 Å². The number of esters is 1. The zero-order chi connectivity index (χ0) is 41.1. The fourth-order valence-electron chi connectivity index (χ4n) is 8.91. The Labute approximate surface area is 362 Å². The molecule has 0 fully saturated rings. The summed E-state index contributed by atoms with van der Waals surface area (Å²) < 4.78 is 5.51. The molecular weight excluding hydrogens is 693 g/mol. The van der Waals surface area contributed by atoms with Crippen LogP contribution in [-0.2, 0) is 9.53 Å². The van der Waals surface area contributed by atoms with Crippen LogP contribution in [0.1, 0.15) is 341 Å². The molecule has 0 saturated heterocycles. The van der Waals surface area contributed by atoms with Crippen molar-refractivity contribution in [3.05, 3.63) is 0 Å². The van der Waals surface area contributed by atoms with Crippen LogP contribution in [0.5, 0.6) is 0 Å². The molecule has 0 bridgehead atoms. The van der Waals surface area contributed by atoms with Crippen LogP contribution in [0.15, 0.2) is 0 Å². The number of hydrogen-bond acceptors (Lipinski definition) is 2. The first kappa shape index (κ1) is 56.5. The summed E-state index contributed by atoms with van der Waals surface area (Å²) in [5.74, 6) is 0.0350. The fraction of sp³-hybridized carbons (Fsp3) is 0.982. The molecule has 0 aromatic heterocycles. The van der Waals surface area contributed by atoms with Gasteiger partial charge >= 0.3 is 5.97 Å². The van der Waals surface area contributed by atoms with Crippen LogP contribution in [0.25, 0.3) is 0 Å². The predicted molar refractivity (Wildman–Crippen MR) is 258 cm³/mol. The maximum absolute atomic E-state index is 12.1. The second-order valence-electron chi connectivity index (χ2n) is 18.9. The van der Waals surface area contributed by atoms with Gasteiger partial charge in [0.15, 0.2) is 0 Å². The van der Waals surface area contributed by atoms with Crippen LogP contribution in [0, 0.1) is 0 Å². The van der Waals surface area contributed by atoms with E-state index in [1.807, 2.05) is 0 Å². The molecule has 0 aliphatic rings. The van der Waals surface area contributed by atoms with E-state index in [1.165, 1.54) is 308 Å². The van der Waals surface area contributed by atoms with Crippen LogP contribution in [0.3, 0.4) is 0 Å². The first-order chi connectivity index (χ1) is 28.3. The number of carbonyl (C=O) groups is 1. The molecule has 0 atom stereocenters. The second kappa shape index (κ2) is 53.5. The molecule has 0 amide bonds. The third-order valence-electron chi connectivity index (χ3n) is 13.0. The zero-order valence-corrected chi connectivity index (χ0v) is 40.1. The summed E-state index contributed by atoms with van der Waals surface area (Å²) in [4.78, 5) is 12.1. The topological polar surface area (TPSA) is 26.3 Å². The van der Waals surface area contributed by atoms with Gasteiger partial charge in [-0.1, -0.05) is 322 Å². The Morgan fingerprint density at radius 1 is 0.228 bits per heavy atom. The van der Waals surface area contributed by atoms with E-state index >= 15 is 0 Å². The molecule has 0 N–H and O–H groups in total. The lowest BCUT2D eigenvalue weighted by atomic mass is 10.0. The Morgan fingerprint density at radius 3 is 0.579 bits per heavy atom. The Balaban J connectivity index is 3.13. The minimum Gasteiger partial charge on any atom is -0.466 e. The monoisotopic (exact) mass is 803 g/mol. The van der Waals surface area contributed by atoms with Gasteiger partial charge < -0.3 is 4.74 Å². The first-order valence-corrected chi connectivity index (χ1v) is 27.5. The Morgan fingerprint density at radius 2 is 0.386 bits per heavy atom. The molecule has 0 spiro atoms. The third kappa shape index (κ3) is 53.5. The van der Waals surface area contributed by atoms with E-state index in [4.69, 9.17) is 4.74 Å². The summed E-state index contributed by atoms with van der Waals surface area (Å²) in [5.41, 5.74) is 0. The molecule has 0 unspecified atom stereocenters. The smallest absolute Gasteiger partial charge is 0.305 e. The van der Waals surface area contributed by atoms with E-state index in [0.717, 1.165) is 12.8 Å². The summed E-state index contributed by atoms with van der Waals surface area (Å²) in [6.07, 6.45) is 71.3. The van der Waals surface area contributed by atoms with Crippen molar-refractivity contribution in [2.24, 2.45) is 0 Å². The van der Waals surface area contributed by atoms with Crippen molar-refractivity contribution in [1.29, 1.82) is 0 Å². The van der Waals surface area contributed by atoms with Crippen molar-refractivity contribution >= 4 is 5.97 Å². The maximum atomic E-state index is 12.1. The number of ether oxygens (including phenoxy) is 1. The molecule has 0 rings (SSSR count). The molecule has 2 heteroatoms. The van der Waals surface area contributed by atoms with Gasteiger partial charge in [-0.3, -0.25) is 4.79 Å². The molecule has 0 saturated carbocycles. The van der Waals surface area contributed by atoms with Crippen molar-refractivity contribution < 1.29 is 9.53 Å². The number of rotatable bonds is 52. The summed E-state index contributed by atoms with van der Waals surface area (Å²) in [6.45, 7) is 5.24. The van der Waals surface area contributed by atoms with E-state index in [0.29, 0.717) is 13.0 Å². The highest BCUT2D eigenvalue weighted by Crippen LogP contribution is 2.18. The lowest BCUT2D eigenvalue weighted by Gasteiger charge is -2.06. The summed E-state index contributed by atoms with van der Waals surface area (Å²) >= 11 is 0. The van der Waals surface area contributed by atoms with Gasteiger partial charge in [0.25, 0.3) is 0 Å². The largest absolute Gasteiger partial charge is 0.466 e. The van der Waals surface area contributed by atoms with E-state index in [-0.39, 0.29) is 5.97 Å². The molecule has 0 aromatic rings. The molecule has 0 heterocycles. The summed E-state index contributed by atoms with van der Waals surface area (Å²) in [6, 6.07) is 0. The standard InChI is InChI=1S/C55H110O2/c1-3-5-7-9-11-13-15-17-19-21-23-25-26-27-28-29-30-31-32-33-34-36-38-40-42-44-46-48-50-52-54-57-55(56)53-51-49-47-45-43-41-39-37-35-24-22-20-18-16-14-12-10-8-6-4-2/h3-54H2,1-2H3. The molecule has 342 valence electrons. The highest BCUT2D eigenvalue weighted by molar-refractivity contribution is 5.69. The number of unbranched alkanes of at least 4 members (excludes halogenated alkanes) is 48. The minimum absolute atomic E-state index is 0.0350. The van der Waals surface area contributed by atoms with Gasteiger partial charge in [0, 0.05) is 6.42 Å². The van der Waals surface area contributed by atoms with Crippen LogP contribution in [0.2, 0.25) is 0 Å². The fourth-order valence-corrected chi connectivity index (χ4v) is 8.91. The maximum Gasteiger partial charge on any atom is 0.305 e. The molecule has 0 aliphatic carbocycles. The van der Waals surface area contributed by atoms with E-state index in [1.54, 1.807) is 0 Å². The van der Waals surface area contributed by atoms with Gasteiger partial charge in [-0.15, -0.1) is 0 Å². The lowest BCUT2D eigenvalue weighted by Crippen LogP contribution is -2.05. The summed E-state index contributed by atoms with van der Waals surface area (Å²) in [7, 11) is 0. The number of hydrogen-bond donors (Lipinski definition) is 0. The van der Waals surface area contributed by atoms with Crippen LogP contribution < -0.4 is 0 Å². The van der Waals surface area contributed by atoms with Crippen LogP contribution >= 0.6 is 0 Å². The van der Waals surface area contributed by atoms with E-state index < -0.39 is 0 Å². The molecule has 57 heavy (non-hydrogen) atoms. The van der Waals surface area contributed by atoms with E-state index in [2.05, 4.69) is 13.8 Å². The lowest BCUT2D eigenvalue weighted by molar-refractivity contribution is -0.143. The highest BCUT2D eigenvalue weighted by atomic mass is 16.5. The normalized spacial score (nSPS) is 11.5. The molecular formula is C55H110O2. The van der Waals surface area contributed by atoms with Gasteiger partial charge in [0.1, 0.15) is 0 Å². The SMILES string of the molecule is CCCCCCCCCCCCCCCCCCCCCCCCCCCCCCCCOC(=O)CCCCCCCCCCCCCCCCCCCCCC. The van der Waals surface area contributed by atoms with Crippen molar-refractivity contribution in [2.75, 3.05) is 6.61 Å². The zero-order valence-electron chi connectivity index (χ0n) is 40.1. The third-order valence-corrected chi connectivity index (χ3v) is 13.0. The highest BCUT2D eigenvalue weighted by Gasteiger charge is 2.03. The van der Waals surface area contributed by atoms with Gasteiger partial charge in [-0.25, -0.2) is 0 Å². The van der Waals surface area contributed by atoms with Crippen molar-refractivity contribution in [2.45, 2.75) is 341 Å². The first-order valence-electron chi connectivity index (χ1n) is 27.5. The van der Waals surface area contributed by atoms with E-state index in [9.17, 15) is 4.79 Å². The average molecular weight is 803 g/mol. The van der Waals surface area contributed by atoms with Crippen molar-refractivity contribution in [3.63, 3.8) is 0 Å². The Kier molecular flexibility index (Phi) is 53.0. The summed E-state index contributed by atoms with van der Waals surface area (Å²) in [5, 5.41) is 0. The van der Waals surface area contributed by atoms with Crippen LogP contribution in [0.4, 0.5) is 0 Å². The minimum atomic E-state index is 0.0350. The Bertz CT molecular complexity index is 703. The van der Waals surface area contributed by atoms with Crippen molar-refractivity contribution in [3.8, 4) is 0 Å². The Hall–Kier alpha value is -0.530. The molecule has 0 radical (unpaired) electrons. The van der Waals surface area contributed by atoms with Gasteiger partial charge in [-0.05, 0) is 12.8 Å².